The van der Waals surface area contributed by atoms with Gasteiger partial charge < -0.3 is 24.2 Å². The van der Waals surface area contributed by atoms with Gasteiger partial charge in [0.05, 0.1) is 13.2 Å². The third-order valence-corrected chi connectivity index (χ3v) is 5.88. The molecule has 1 spiro atoms. The van der Waals surface area contributed by atoms with Gasteiger partial charge in [-0.2, -0.15) is 0 Å². The number of nitrogens with zero attached hydrogens (tertiary/aromatic N) is 6. The molecule has 8 nitrogen and oxygen atoms in total. The average Bonchev–Trinajstić information content (AvgIpc) is 3.23. The van der Waals surface area contributed by atoms with Crippen LogP contribution in [-0.4, -0.2) is 73.2 Å². The van der Waals surface area contributed by atoms with Gasteiger partial charge in [0, 0.05) is 64.4 Å². The molecular formula is C20H26N6O2. The molecule has 3 aliphatic rings. The maximum absolute atomic E-state index is 5.83. The predicted molar refractivity (Wildman–Crippen MR) is 107 cm³/mol. The van der Waals surface area contributed by atoms with E-state index in [4.69, 9.17) is 9.47 Å². The molecule has 3 fully saturated rings. The Bertz CT molecular complexity index is 780. The van der Waals surface area contributed by atoms with Crippen LogP contribution in [-0.2, 0) is 9.47 Å². The van der Waals surface area contributed by atoms with Crippen molar-refractivity contribution in [3.63, 3.8) is 0 Å². The van der Waals surface area contributed by atoms with Crippen molar-refractivity contribution in [3.05, 3.63) is 36.8 Å². The first-order valence-electron chi connectivity index (χ1n) is 10.1. The lowest BCUT2D eigenvalue weighted by atomic mass is 10.0. The van der Waals surface area contributed by atoms with E-state index >= 15 is 0 Å². The van der Waals surface area contributed by atoms with Crippen molar-refractivity contribution >= 4 is 17.5 Å². The van der Waals surface area contributed by atoms with Crippen molar-refractivity contribution in [1.82, 2.24) is 15.0 Å². The second kappa shape index (κ2) is 7.52. The minimum atomic E-state index is -0.353. The van der Waals surface area contributed by atoms with Crippen molar-refractivity contribution in [2.75, 3.05) is 67.2 Å². The second-order valence-corrected chi connectivity index (χ2v) is 7.49. The molecule has 3 saturated heterocycles. The Morgan fingerprint density at radius 1 is 0.714 bits per heavy atom. The normalized spacial score (nSPS) is 22.1. The Morgan fingerprint density at radius 2 is 1.32 bits per heavy atom. The zero-order valence-electron chi connectivity index (χ0n) is 16.0. The first-order chi connectivity index (χ1) is 13.8. The van der Waals surface area contributed by atoms with Crippen LogP contribution in [0.4, 0.5) is 17.5 Å². The molecule has 2 aromatic heterocycles. The standard InChI is InChI=1S/C20H26N6O2/c1-2-6-21-17(3-1)25-9-11-26(12-10-25)19-15-18(22-16-23-19)24-7-4-20(5-8-24)27-13-14-28-20/h1-3,6,15-16H,4-5,7-14H2. The van der Waals surface area contributed by atoms with E-state index in [0.29, 0.717) is 13.2 Å². The summed E-state index contributed by atoms with van der Waals surface area (Å²) in [4.78, 5) is 20.5. The van der Waals surface area contributed by atoms with Gasteiger partial charge in [-0.05, 0) is 12.1 Å². The van der Waals surface area contributed by atoms with E-state index in [1.165, 1.54) is 0 Å². The van der Waals surface area contributed by atoms with Crippen LogP contribution >= 0.6 is 0 Å². The summed E-state index contributed by atoms with van der Waals surface area (Å²) in [5.41, 5.74) is 0. The summed E-state index contributed by atoms with van der Waals surface area (Å²) in [5, 5.41) is 0. The summed E-state index contributed by atoms with van der Waals surface area (Å²) in [6.07, 6.45) is 5.30. The van der Waals surface area contributed by atoms with Gasteiger partial charge in [-0.3, -0.25) is 0 Å². The SMILES string of the molecule is c1ccc(N2CCN(c3cc(N4CCC5(CC4)OCCO5)ncn3)CC2)nc1. The first-order valence-corrected chi connectivity index (χ1v) is 10.1. The zero-order chi connectivity index (χ0) is 18.8. The molecule has 0 aliphatic carbocycles. The van der Waals surface area contributed by atoms with E-state index in [2.05, 4.69) is 41.8 Å². The molecule has 0 amide bonds. The molecule has 3 aliphatic heterocycles. The maximum atomic E-state index is 5.83. The second-order valence-electron chi connectivity index (χ2n) is 7.49. The number of anilines is 3. The van der Waals surface area contributed by atoms with Crippen LogP contribution < -0.4 is 14.7 Å². The quantitative estimate of drug-likeness (QED) is 0.792. The van der Waals surface area contributed by atoms with Gasteiger partial charge in [-0.1, -0.05) is 6.07 Å². The summed E-state index contributed by atoms with van der Waals surface area (Å²) < 4.78 is 11.7. The Labute approximate surface area is 165 Å². The Balaban J connectivity index is 1.22. The van der Waals surface area contributed by atoms with Gasteiger partial charge in [-0.25, -0.2) is 15.0 Å². The van der Waals surface area contributed by atoms with E-state index < -0.39 is 0 Å². The van der Waals surface area contributed by atoms with Gasteiger partial charge in [-0.15, -0.1) is 0 Å². The Morgan fingerprint density at radius 3 is 1.93 bits per heavy atom. The number of ether oxygens (including phenoxy) is 2. The lowest BCUT2D eigenvalue weighted by Crippen LogP contribution is -2.47. The molecule has 0 saturated carbocycles. The van der Waals surface area contributed by atoms with Gasteiger partial charge >= 0.3 is 0 Å². The molecule has 5 rings (SSSR count). The zero-order valence-corrected chi connectivity index (χ0v) is 16.0. The highest BCUT2D eigenvalue weighted by Gasteiger charge is 2.40. The molecule has 0 aromatic carbocycles. The van der Waals surface area contributed by atoms with Crippen molar-refractivity contribution in [2.24, 2.45) is 0 Å². The monoisotopic (exact) mass is 382 g/mol. The van der Waals surface area contributed by atoms with Gasteiger partial charge in [0.25, 0.3) is 0 Å². The van der Waals surface area contributed by atoms with Crippen LogP contribution in [0.15, 0.2) is 36.8 Å². The minimum absolute atomic E-state index is 0.353. The minimum Gasteiger partial charge on any atom is -0.356 e. The fraction of sp³-hybridized carbons (Fsp3) is 0.550. The van der Waals surface area contributed by atoms with Crippen molar-refractivity contribution in [3.8, 4) is 0 Å². The van der Waals surface area contributed by atoms with Crippen LogP contribution in [0.3, 0.4) is 0 Å². The van der Waals surface area contributed by atoms with Crippen LogP contribution in [0.5, 0.6) is 0 Å². The Hall–Kier alpha value is -2.45. The number of aromatic nitrogens is 3. The van der Waals surface area contributed by atoms with E-state index in [-0.39, 0.29) is 5.79 Å². The molecule has 0 atom stereocenters. The number of hydrogen-bond acceptors (Lipinski definition) is 8. The molecule has 0 unspecified atom stereocenters. The highest BCUT2D eigenvalue weighted by Crippen LogP contribution is 2.33. The third-order valence-electron chi connectivity index (χ3n) is 5.88. The number of rotatable bonds is 3. The predicted octanol–water partition coefficient (Wildman–Crippen LogP) is 1.54. The highest BCUT2D eigenvalue weighted by atomic mass is 16.7. The fourth-order valence-corrected chi connectivity index (χ4v) is 4.25. The lowest BCUT2D eigenvalue weighted by Gasteiger charge is -2.39. The summed E-state index contributed by atoms with van der Waals surface area (Å²) in [5.74, 6) is 2.68. The first kappa shape index (κ1) is 17.6. The fourth-order valence-electron chi connectivity index (χ4n) is 4.25. The van der Waals surface area contributed by atoms with Gasteiger partial charge in [0.15, 0.2) is 5.79 Å². The number of piperazine rings is 1. The van der Waals surface area contributed by atoms with Crippen molar-refractivity contribution in [2.45, 2.75) is 18.6 Å². The third kappa shape index (κ3) is 3.49. The molecule has 0 radical (unpaired) electrons. The van der Waals surface area contributed by atoms with Gasteiger partial charge in [0.1, 0.15) is 23.8 Å². The molecule has 5 heterocycles. The van der Waals surface area contributed by atoms with Gasteiger partial charge in [0.2, 0.25) is 0 Å². The lowest BCUT2D eigenvalue weighted by molar-refractivity contribution is -0.169. The van der Waals surface area contributed by atoms with Crippen LogP contribution in [0.2, 0.25) is 0 Å². The summed E-state index contributed by atoms with van der Waals surface area (Å²) in [6.45, 7) is 6.95. The molecular weight excluding hydrogens is 356 g/mol. The largest absolute Gasteiger partial charge is 0.356 e. The molecule has 0 N–H and O–H groups in total. The highest BCUT2D eigenvalue weighted by molar-refractivity contribution is 5.52. The summed E-state index contributed by atoms with van der Waals surface area (Å²) in [7, 11) is 0. The average molecular weight is 382 g/mol. The molecule has 8 heteroatoms. The summed E-state index contributed by atoms with van der Waals surface area (Å²) in [6, 6.07) is 8.18. The van der Waals surface area contributed by atoms with E-state index in [1.54, 1.807) is 6.33 Å². The molecule has 2 aromatic rings. The molecule has 148 valence electrons. The Kier molecular flexibility index (Phi) is 4.74. The van der Waals surface area contributed by atoms with E-state index in [9.17, 15) is 0 Å². The smallest absolute Gasteiger partial charge is 0.171 e. The van der Waals surface area contributed by atoms with E-state index in [0.717, 1.165) is 69.6 Å². The number of hydrogen-bond donors (Lipinski definition) is 0. The molecule has 0 bridgehead atoms. The van der Waals surface area contributed by atoms with Crippen molar-refractivity contribution < 1.29 is 9.47 Å². The van der Waals surface area contributed by atoms with Crippen LogP contribution in [0, 0.1) is 0 Å². The summed E-state index contributed by atoms with van der Waals surface area (Å²) >= 11 is 0. The number of piperidine rings is 1. The molecule has 28 heavy (non-hydrogen) atoms. The van der Waals surface area contributed by atoms with Crippen LogP contribution in [0.25, 0.3) is 0 Å². The van der Waals surface area contributed by atoms with E-state index in [1.807, 2.05) is 18.3 Å². The topological polar surface area (TPSA) is 66.9 Å². The van der Waals surface area contributed by atoms with Crippen molar-refractivity contribution in [1.29, 1.82) is 0 Å². The maximum Gasteiger partial charge on any atom is 0.171 e. The van der Waals surface area contributed by atoms with Crippen LogP contribution in [0.1, 0.15) is 12.8 Å². The number of pyridine rings is 1.